The zero-order chi connectivity index (χ0) is 15.7. The van der Waals surface area contributed by atoms with Crippen LogP contribution >= 0.6 is 43.5 Å². The lowest BCUT2D eigenvalue weighted by Crippen LogP contribution is -2.08. The van der Waals surface area contributed by atoms with E-state index in [0.717, 1.165) is 5.56 Å². The Bertz CT molecular complexity index is 712. The van der Waals surface area contributed by atoms with Crippen molar-refractivity contribution in [2.75, 3.05) is 7.11 Å². The Labute approximate surface area is 144 Å². The molecule has 0 fully saturated rings. The number of aromatic hydroxyl groups is 1. The summed E-state index contributed by atoms with van der Waals surface area (Å²) in [5, 5.41) is 10.8. The number of phenolic OH excluding ortho intramolecular Hbond substituents is 1. The van der Waals surface area contributed by atoms with Gasteiger partial charge in [-0.15, -0.1) is 0 Å². The molecule has 0 aromatic heterocycles. The molecule has 1 N–H and O–H groups in total. The van der Waals surface area contributed by atoms with E-state index in [9.17, 15) is 9.90 Å². The Kier molecular flexibility index (Phi) is 4.96. The summed E-state index contributed by atoms with van der Waals surface area (Å²) >= 11 is 12.5. The predicted octanol–water partition coefficient (Wildman–Crippen LogP) is 5.33. The van der Waals surface area contributed by atoms with Gasteiger partial charge in [0.05, 0.1) is 21.6 Å². The maximum absolute atomic E-state index is 12.1. The average molecular weight is 435 g/mol. The molecule has 0 aliphatic carbocycles. The fraction of sp³-hybridized carbons (Fsp3) is 0.133. The van der Waals surface area contributed by atoms with Crippen molar-refractivity contribution in [2.45, 2.75) is 6.92 Å². The smallest absolute Gasteiger partial charge is 0.338 e. The number of carbonyl (C=O) groups is 1. The number of phenols is 1. The maximum atomic E-state index is 12.1. The molecule has 2 aromatic rings. The number of halogens is 3. The number of carbonyl (C=O) groups excluding carboxylic acids is 1. The van der Waals surface area contributed by atoms with Crippen molar-refractivity contribution in [3.63, 3.8) is 0 Å². The van der Waals surface area contributed by atoms with Gasteiger partial charge < -0.3 is 9.84 Å². The molecule has 0 atom stereocenters. The first kappa shape index (κ1) is 16.3. The van der Waals surface area contributed by atoms with Crippen LogP contribution < -0.4 is 0 Å². The summed E-state index contributed by atoms with van der Waals surface area (Å²) < 4.78 is 5.74. The van der Waals surface area contributed by atoms with E-state index in [1.807, 2.05) is 0 Å². The van der Waals surface area contributed by atoms with Crippen LogP contribution in [0.2, 0.25) is 5.02 Å². The van der Waals surface area contributed by atoms with Gasteiger partial charge in [-0.3, -0.25) is 0 Å². The first-order valence-electron chi connectivity index (χ1n) is 5.93. The molecule has 0 aliphatic heterocycles. The molecule has 0 saturated carbocycles. The van der Waals surface area contributed by atoms with Crippen LogP contribution in [0, 0.1) is 6.92 Å². The molecule has 2 rings (SSSR count). The van der Waals surface area contributed by atoms with Gasteiger partial charge in [-0.2, -0.15) is 0 Å². The summed E-state index contributed by atoms with van der Waals surface area (Å²) in [6.07, 6.45) is 0. The second-order valence-corrected chi connectivity index (χ2v) is 6.37. The highest BCUT2D eigenvalue weighted by molar-refractivity contribution is 9.11. The highest BCUT2D eigenvalue weighted by Gasteiger charge is 2.25. The quantitative estimate of drug-likeness (QED) is 0.650. The molecule has 6 heteroatoms. The number of ether oxygens (including phenoxy) is 1. The molecule has 3 nitrogen and oxygen atoms in total. The van der Waals surface area contributed by atoms with Crippen LogP contribution in [-0.4, -0.2) is 18.2 Å². The van der Waals surface area contributed by atoms with Crippen LogP contribution in [-0.2, 0) is 4.74 Å². The van der Waals surface area contributed by atoms with Gasteiger partial charge in [0, 0.05) is 10.6 Å². The molecule has 0 bridgehead atoms. The van der Waals surface area contributed by atoms with Crippen LogP contribution in [0.25, 0.3) is 11.1 Å². The second-order valence-electron chi connectivity index (χ2n) is 4.35. The molecule has 0 amide bonds. The van der Waals surface area contributed by atoms with Gasteiger partial charge in [-0.25, -0.2) is 4.79 Å². The van der Waals surface area contributed by atoms with E-state index in [1.54, 1.807) is 31.2 Å². The molecule has 0 spiro atoms. The number of hydrogen-bond acceptors (Lipinski definition) is 3. The topological polar surface area (TPSA) is 46.5 Å². The molecule has 0 aliphatic rings. The van der Waals surface area contributed by atoms with Crippen LogP contribution in [0.3, 0.4) is 0 Å². The van der Waals surface area contributed by atoms with Crippen LogP contribution in [0.4, 0.5) is 0 Å². The average Bonchev–Trinajstić information content (AvgIpc) is 2.49. The molecule has 0 unspecified atom stereocenters. The van der Waals surface area contributed by atoms with E-state index in [0.29, 0.717) is 30.7 Å². The zero-order valence-electron chi connectivity index (χ0n) is 11.2. The monoisotopic (exact) mass is 432 g/mol. The fourth-order valence-corrected chi connectivity index (χ4v) is 3.46. The molecule has 21 heavy (non-hydrogen) atoms. The van der Waals surface area contributed by atoms with Gasteiger partial charge in [0.15, 0.2) is 0 Å². The normalized spacial score (nSPS) is 10.5. The third kappa shape index (κ3) is 2.96. The van der Waals surface area contributed by atoms with E-state index >= 15 is 0 Å². The molecule has 2 aromatic carbocycles. The number of methoxy groups -OCH3 is 1. The first-order valence-corrected chi connectivity index (χ1v) is 7.89. The minimum atomic E-state index is -0.473. The van der Waals surface area contributed by atoms with Gasteiger partial charge in [-0.05, 0) is 62.0 Å². The predicted molar refractivity (Wildman–Crippen MR) is 90.0 cm³/mol. The Hall–Kier alpha value is -1.04. The lowest BCUT2D eigenvalue weighted by atomic mass is 9.95. The van der Waals surface area contributed by atoms with Gasteiger partial charge >= 0.3 is 5.97 Å². The SMILES string of the molecule is COC(=O)c1c(C)c(Br)c(O)c(Br)c1-c1ccc(Cl)cc1. The Morgan fingerprint density at radius 1 is 1.19 bits per heavy atom. The van der Waals surface area contributed by atoms with Gasteiger partial charge in [0.1, 0.15) is 5.75 Å². The van der Waals surface area contributed by atoms with Crippen molar-refractivity contribution in [3.8, 4) is 16.9 Å². The minimum Gasteiger partial charge on any atom is -0.506 e. The highest BCUT2D eigenvalue weighted by atomic mass is 79.9. The summed E-state index contributed by atoms with van der Waals surface area (Å²) in [6.45, 7) is 1.74. The lowest BCUT2D eigenvalue weighted by Gasteiger charge is -2.17. The molecule has 0 radical (unpaired) electrons. The van der Waals surface area contributed by atoms with Crippen LogP contribution in [0.1, 0.15) is 15.9 Å². The van der Waals surface area contributed by atoms with Crippen molar-refractivity contribution < 1.29 is 14.6 Å². The van der Waals surface area contributed by atoms with E-state index in [-0.39, 0.29) is 5.75 Å². The second kappa shape index (κ2) is 6.38. The van der Waals surface area contributed by atoms with Crippen molar-refractivity contribution in [1.82, 2.24) is 0 Å². The van der Waals surface area contributed by atoms with E-state index in [2.05, 4.69) is 31.9 Å². The summed E-state index contributed by atoms with van der Waals surface area (Å²) in [7, 11) is 1.32. The molecular weight excluding hydrogens is 423 g/mol. The summed E-state index contributed by atoms with van der Waals surface area (Å²) in [5.74, 6) is -0.441. The van der Waals surface area contributed by atoms with E-state index in [4.69, 9.17) is 16.3 Å². The number of rotatable bonds is 2. The minimum absolute atomic E-state index is 0.0325. The molecular formula is C15H11Br2ClO3. The van der Waals surface area contributed by atoms with Gasteiger partial charge in [0.25, 0.3) is 0 Å². The summed E-state index contributed by atoms with van der Waals surface area (Å²) in [4.78, 5) is 12.1. The zero-order valence-corrected chi connectivity index (χ0v) is 15.1. The Balaban J connectivity index is 2.85. The molecule has 0 heterocycles. The Morgan fingerprint density at radius 3 is 2.29 bits per heavy atom. The largest absolute Gasteiger partial charge is 0.506 e. The third-order valence-corrected chi connectivity index (χ3v) is 5.11. The van der Waals surface area contributed by atoms with Crippen LogP contribution in [0.15, 0.2) is 33.2 Å². The van der Waals surface area contributed by atoms with Crippen molar-refractivity contribution >= 4 is 49.4 Å². The van der Waals surface area contributed by atoms with Gasteiger partial charge in [0.2, 0.25) is 0 Å². The Morgan fingerprint density at radius 2 is 1.76 bits per heavy atom. The number of benzene rings is 2. The molecule has 110 valence electrons. The third-order valence-electron chi connectivity index (χ3n) is 3.11. The number of esters is 1. The summed E-state index contributed by atoms with van der Waals surface area (Å²) in [5.41, 5.74) is 2.30. The highest BCUT2D eigenvalue weighted by Crippen LogP contribution is 2.45. The van der Waals surface area contributed by atoms with Crippen molar-refractivity contribution in [3.05, 3.63) is 49.4 Å². The summed E-state index contributed by atoms with van der Waals surface area (Å²) in [6, 6.07) is 7.00. The molecule has 0 saturated heterocycles. The first-order chi connectivity index (χ1) is 9.88. The number of hydrogen-bond donors (Lipinski definition) is 1. The van der Waals surface area contributed by atoms with Crippen molar-refractivity contribution in [2.24, 2.45) is 0 Å². The standard InChI is InChI=1S/C15H11Br2ClO3/c1-7-10(15(20)21-2)11(13(17)14(19)12(7)16)8-3-5-9(18)6-4-8/h3-6,19H,1-2H3. The van der Waals surface area contributed by atoms with Crippen molar-refractivity contribution in [1.29, 1.82) is 0 Å². The van der Waals surface area contributed by atoms with Gasteiger partial charge in [-0.1, -0.05) is 23.7 Å². The maximum Gasteiger partial charge on any atom is 0.338 e. The fourth-order valence-electron chi connectivity index (χ4n) is 2.04. The van der Waals surface area contributed by atoms with E-state index in [1.165, 1.54) is 7.11 Å². The van der Waals surface area contributed by atoms with Crippen LogP contribution in [0.5, 0.6) is 5.75 Å². The lowest BCUT2D eigenvalue weighted by molar-refractivity contribution is 0.0600. The van der Waals surface area contributed by atoms with E-state index < -0.39 is 5.97 Å².